The fourth-order valence-corrected chi connectivity index (χ4v) is 5.15. The summed E-state index contributed by atoms with van der Waals surface area (Å²) >= 11 is 7.98. The number of methoxy groups -OCH3 is 1. The first-order chi connectivity index (χ1) is 14.1. The van der Waals surface area contributed by atoms with Crippen LogP contribution in [0.2, 0.25) is 5.02 Å². The molecule has 0 amide bonds. The number of ether oxygens (including phenoxy) is 1. The van der Waals surface area contributed by atoms with E-state index in [-0.39, 0.29) is 0 Å². The van der Waals surface area contributed by atoms with Crippen LogP contribution in [0.3, 0.4) is 0 Å². The van der Waals surface area contributed by atoms with Crippen LogP contribution in [0.1, 0.15) is 0 Å². The number of piperazine rings is 1. The molecule has 0 unspecified atom stereocenters. The maximum Gasteiger partial charge on any atom is 0.159 e. The molecule has 9 heteroatoms. The third-order valence-electron chi connectivity index (χ3n) is 5.36. The molecule has 4 aromatic rings. The van der Waals surface area contributed by atoms with E-state index in [0.717, 1.165) is 47.5 Å². The highest BCUT2D eigenvalue weighted by Gasteiger charge is 2.24. The highest BCUT2D eigenvalue weighted by molar-refractivity contribution is 7.11. The number of hydrogen-bond donors (Lipinski definition) is 1. The lowest BCUT2D eigenvalue weighted by Gasteiger charge is -2.28. The summed E-state index contributed by atoms with van der Waals surface area (Å²) in [6.07, 6.45) is 1.73. The topological polar surface area (TPSA) is 55.2 Å². The summed E-state index contributed by atoms with van der Waals surface area (Å²) in [7, 11) is 3.41. The van der Waals surface area contributed by atoms with E-state index in [1.165, 1.54) is 11.5 Å². The predicted octanol–water partition coefficient (Wildman–Crippen LogP) is 4.06. The second-order valence-corrected chi connectivity index (χ2v) is 8.21. The van der Waals surface area contributed by atoms with Gasteiger partial charge in [-0.15, -0.1) is 0 Å². The molecule has 3 heterocycles. The van der Waals surface area contributed by atoms with Gasteiger partial charge in [-0.2, -0.15) is 9.47 Å². The van der Waals surface area contributed by atoms with E-state index in [9.17, 15) is 0 Å². The number of rotatable bonds is 3. The van der Waals surface area contributed by atoms with Crippen LogP contribution >= 0.6 is 23.1 Å². The highest BCUT2D eigenvalue weighted by atomic mass is 35.5. The molecule has 29 heavy (non-hydrogen) atoms. The Morgan fingerprint density at radius 1 is 1.24 bits per heavy atom. The molecule has 0 aliphatic carbocycles. The van der Waals surface area contributed by atoms with Crippen molar-refractivity contribution in [1.82, 2.24) is 19.5 Å². The van der Waals surface area contributed by atoms with E-state index in [0.29, 0.717) is 27.4 Å². The SMILES string of the molecule is COc1cc(-c2c(Cl)cc3c(N4CCNCC4)snc3c2F)c2c(cnn2C)c1. The molecule has 0 atom stereocenters. The number of hydrogen-bond acceptors (Lipinski definition) is 6. The van der Waals surface area contributed by atoms with Gasteiger partial charge < -0.3 is 15.0 Å². The lowest BCUT2D eigenvalue weighted by Crippen LogP contribution is -2.43. The molecule has 1 fully saturated rings. The van der Waals surface area contributed by atoms with E-state index < -0.39 is 5.82 Å². The monoisotopic (exact) mass is 431 g/mol. The minimum absolute atomic E-state index is 0.323. The quantitative estimate of drug-likeness (QED) is 0.530. The molecule has 0 radical (unpaired) electrons. The van der Waals surface area contributed by atoms with Crippen LogP contribution in [0, 0.1) is 5.82 Å². The van der Waals surface area contributed by atoms with Gasteiger partial charge in [-0.3, -0.25) is 4.68 Å². The van der Waals surface area contributed by atoms with Gasteiger partial charge in [-0.1, -0.05) is 11.6 Å². The average molecular weight is 432 g/mol. The maximum absolute atomic E-state index is 15.8. The molecular formula is C20H19ClFN5OS. The fourth-order valence-electron chi connectivity index (χ4n) is 3.95. The number of anilines is 1. The largest absolute Gasteiger partial charge is 0.497 e. The van der Waals surface area contributed by atoms with E-state index >= 15 is 4.39 Å². The van der Waals surface area contributed by atoms with E-state index in [4.69, 9.17) is 16.3 Å². The van der Waals surface area contributed by atoms with Crippen LogP contribution < -0.4 is 15.0 Å². The molecule has 0 bridgehead atoms. The molecular weight excluding hydrogens is 413 g/mol. The summed E-state index contributed by atoms with van der Waals surface area (Å²) in [5.41, 5.74) is 2.11. The minimum Gasteiger partial charge on any atom is -0.497 e. The standard InChI is InChI=1S/C20H19ClFN5OS/c1-26-19-11(10-24-26)7-12(28-2)8-13(19)16-15(21)9-14-18(17(16)22)25-29-20(14)27-5-3-23-4-6-27/h7-10,23H,3-6H2,1-2H3. The first kappa shape index (κ1) is 18.6. The van der Waals surface area contributed by atoms with Gasteiger partial charge in [0.1, 0.15) is 16.3 Å². The van der Waals surface area contributed by atoms with Crippen molar-refractivity contribution in [2.24, 2.45) is 7.05 Å². The summed E-state index contributed by atoms with van der Waals surface area (Å²) in [6.45, 7) is 3.53. The summed E-state index contributed by atoms with van der Waals surface area (Å²) in [5, 5.41) is 10.6. The molecule has 1 N–H and O–H groups in total. The Bertz CT molecular complexity index is 1230. The summed E-state index contributed by atoms with van der Waals surface area (Å²) < 4.78 is 27.3. The zero-order valence-electron chi connectivity index (χ0n) is 16.0. The van der Waals surface area contributed by atoms with Gasteiger partial charge in [-0.05, 0) is 29.7 Å². The number of benzene rings is 2. The highest BCUT2D eigenvalue weighted by Crippen LogP contribution is 2.43. The second-order valence-electron chi connectivity index (χ2n) is 7.05. The lowest BCUT2D eigenvalue weighted by molar-refractivity contribution is 0.415. The Morgan fingerprint density at radius 2 is 2.03 bits per heavy atom. The molecule has 1 saturated heterocycles. The predicted molar refractivity (Wildman–Crippen MR) is 116 cm³/mol. The Kier molecular flexibility index (Phi) is 4.57. The number of fused-ring (bicyclic) bond motifs is 2. The van der Waals surface area contributed by atoms with Gasteiger partial charge in [0, 0.05) is 55.1 Å². The van der Waals surface area contributed by atoms with Crippen molar-refractivity contribution in [3.63, 3.8) is 0 Å². The van der Waals surface area contributed by atoms with E-state index in [2.05, 4.69) is 19.7 Å². The molecule has 0 saturated carbocycles. The van der Waals surface area contributed by atoms with Crippen LogP contribution in [0.5, 0.6) is 5.75 Å². The van der Waals surface area contributed by atoms with Gasteiger partial charge in [0.25, 0.3) is 0 Å². The molecule has 1 aliphatic heterocycles. The van der Waals surface area contributed by atoms with Crippen molar-refractivity contribution in [2.45, 2.75) is 0 Å². The Morgan fingerprint density at radius 3 is 2.79 bits per heavy atom. The number of nitrogens with one attached hydrogen (secondary N) is 1. The molecule has 2 aromatic heterocycles. The third-order valence-corrected chi connectivity index (χ3v) is 6.59. The van der Waals surface area contributed by atoms with Crippen LogP contribution in [0.15, 0.2) is 24.4 Å². The van der Waals surface area contributed by atoms with Crippen molar-refractivity contribution in [3.05, 3.63) is 35.2 Å². The van der Waals surface area contributed by atoms with Crippen molar-refractivity contribution in [3.8, 4) is 16.9 Å². The van der Waals surface area contributed by atoms with Gasteiger partial charge in [-0.25, -0.2) is 4.39 Å². The number of nitrogens with zero attached hydrogens (tertiary/aromatic N) is 4. The normalized spacial score (nSPS) is 14.8. The third kappa shape index (κ3) is 2.94. The average Bonchev–Trinajstić information content (AvgIpc) is 3.32. The number of halogens is 2. The Labute approximate surface area is 176 Å². The molecule has 2 aromatic carbocycles. The van der Waals surface area contributed by atoms with Crippen LogP contribution in [-0.4, -0.2) is 47.4 Å². The van der Waals surface area contributed by atoms with Crippen LogP contribution in [0.25, 0.3) is 32.9 Å². The van der Waals surface area contributed by atoms with Gasteiger partial charge >= 0.3 is 0 Å². The second kappa shape index (κ2) is 7.12. The molecule has 150 valence electrons. The molecule has 1 aliphatic rings. The lowest BCUT2D eigenvalue weighted by atomic mass is 10.00. The number of aryl methyl sites for hydroxylation is 1. The minimum atomic E-state index is -0.416. The van der Waals surface area contributed by atoms with Crippen LogP contribution in [0.4, 0.5) is 9.39 Å². The summed E-state index contributed by atoms with van der Waals surface area (Å²) in [4.78, 5) is 2.23. The summed E-state index contributed by atoms with van der Waals surface area (Å²) in [6, 6.07) is 5.50. The fraction of sp³-hybridized carbons (Fsp3) is 0.300. The van der Waals surface area contributed by atoms with Crippen molar-refractivity contribution in [2.75, 3.05) is 38.2 Å². The molecule has 6 nitrogen and oxygen atoms in total. The first-order valence-corrected chi connectivity index (χ1v) is 10.5. The van der Waals surface area contributed by atoms with E-state index in [1.54, 1.807) is 24.1 Å². The van der Waals surface area contributed by atoms with Crippen molar-refractivity contribution in [1.29, 1.82) is 0 Å². The first-order valence-electron chi connectivity index (χ1n) is 9.31. The van der Waals surface area contributed by atoms with Crippen LogP contribution in [-0.2, 0) is 7.05 Å². The summed E-state index contributed by atoms with van der Waals surface area (Å²) in [5.74, 6) is 0.205. The molecule has 0 spiro atoms. The smallest absolute Gasteiger partial charge is 0.159 e. The van der Waals surface area contributed by atoms with Gasteiger partial charge in [0.15, 0.2) is 5.82 Å². The van der Waals surface area contributed by atoms with Crippen molar-refractivity contribution >= 4 is 49.9 Å². The zero-order chi connectivity index (χ0) is 20.1. The van der Waals surface area contributed by atoms with Gasteiger partial charge in [0.2, 0.25) is 0 Å². The Hall–Kier alpha value is -2.42. The number of aromatic nitrogens is 3. The zero-order valence-corrected chi connectivity index (χ0v) is 17.6. The van der Waals surface area contributed by atoms with Gasteiger partial charge in [0.05, 0.1) is 23.8 Å². The van der Waals surface area contributed by atoms with Crippen molar-refractivity contribution < 1.29 is 9.13 Å². The molecule has 5 rings (SSSR count). The Balaban J connectivity index is 1.75. The van der Waals surface area contributed by atoms with E-state index in [1.807, 2.05) is 19.2 Å². The maximum atomic E-state index is 15.8.